The van der Waals surface area contributed by atoms with Crippen LogP contribution in [0.5, 0.6) is 0 Å². The second kappa shape index (κ2) is 8.54. The molecule has 0 N–H and O–H groups in total. The van der Waals surface area contributed by atoms with Crippen LogP contribution in [0.25, 0.3) is 4.13 Å². The highest BCUT2D eigenvalue weighted by Crippen LogP contribution is 2.36. The summed E-state index contributed by atoms with van der Waals surface area (Å²) in [5.74, 6) is -4.70. The van der Waals surface area contributed by atoms with Crippen LogP contribution in [-0.4, -0.2) is 40.0 Å². The molecular formula is C10H7F11N2O4S2. The quantitative estimate of drug-likeness (QED) is 0.477. The highest BCUT2D eigenvalue weighted by Gasteiger charge is 2.60. The Labute approximate surface area is 155 Å². The minimum absolute atomic E-state index is 0.778. The maximum Gasteiger partial charge on any atom is 0.480 e. The lowest BCUT2D eigenvalue weighted by atomic mass is 10.3. The van der Waals surface area contributed by atoms with Gasteiger partial charge in [0.1, 0.15) is 0 Å². The van der Waals surface area contributed by atoms with Crippen molar-refractivity contribution < 1.29 is 69.7 Å². The first-order valence-electron chi connectivity index (χ1n) is 6.29. The molecule has 0 radical (unpaired) electrons. The molecule has 0 amide bonds. The van der Waals surface area contributed by atoms with Crippen molar-refractivity contribution in [1.29, 1.82) is 0 Å². The van der Waals surface area contributed by atoms with E-state index in [1.165, 1.54) is 18.2 Å². The predicted octanol–water partition coefficient (Wildman–Crippen LogP) is 3.23. The van der Waals surface area contributed by atoms with Crippen molar-refractivity contribution in [3.8, 4) is 0 Å². The third-order valence-corrected chi connectivity index (χ3v) is 5.09. The summed E-state index contributed by atoms with van der Waals surface area (Å²) in [6, 6.07) is 4.29. The van der Waals surface area contributed by atoms with E-state index in [1.54, 1.807) is 0 Å². The maximum absolute atomic E-state index is 12.5. The molecule has 0 saturated heterocycles. The molecule has 1 aromatic rings. The van der Waals surface area contributed by atoms with E-state index < -0.39 is 49.7 Å². The smallest absolute Gasteiger partial charge is 0.421 e. The van der Waals surface area contributed by atoms with Crippen molar-refractivity contribution in [2.24, 2.45) is 0 Å². The fourth-order valence-corrected chi connectivity index (χ4v) is 2.78. The summed E-state index contributed by atoms with van der Waals surface area (Å²) >= 11 is 0. The van der Waals surface area contributed by atoms with Crippen LogP contribution in [0.4, 0.5) is 48.3 Å². The van der Waals surface area contributed by atoms with Crippen molar-refractivity contribution in [2.45, 2.75) is 29.7 Å². The van der Waals surface area contributed by atoms with Gasteiger partial charge in [-0.3, -0.25) is 0 Å². The van der Waals surface area contributed by atoms with Crippen LogP contribution < -0.4 is 4.57 Å². The number of aromatic nitrogens is 1. The van der Waals surface area contributed by atoms with E-state index in [4.69, 9.17) is 0 Å². The maximum atomic E-state index is 12.5. The molecule has 0 atom stereocenters. The van der Waals surface area contributed by atoms with Gasteiger partial charge in [-0.05, 0) is 0 Å². The highest BCUT2D eigenvalue weighted by atomic mass is 32.3. The van der Waals surface area contributed by atoms with E-state index >= 15 is 0 Å². The summed E-state index contributed by atoms with van der Waals surface area (Å²) in [7, 11) is -13.4. The van der Waals surface area contributed by atoms with Gasteiger partial charge >= 0.3 is 23.1 Å². The third kappa shape index (κ3) is 7.88. The molecule has 1 rings (SSSR count). The molecule has 0 aliphatic carbocycles. The summed E-state index contributed by atoms with van der Waals surface area (Å²) in [5, 5.41) is 0. The second-order valence-corrected chi connectivity index (χ2v) is 8.09. The Morgan fingerprint density at radius 3 is 1.28 bits per heavy atom. The number of nitrogens with zero attached hydrogens (tertiary/aromatic N) is 2. The molecular weight excluding hydrogens is 485 g/mol. The molecule has 0 spiro atoms. The average Bonchev–Trinajstić information content (AvgIpc) is 2.43. The van der Waals surface area contributed by atoms with Gasteiger partial charge in [0, 0.05) is 12.1 Å². The Bertz CT molecular complexity index is 833. The average molecular weight is 492 g/mol. The van der Waals surface area contributed by atoms with Gasteiger partial charge in [-0.2, -0.15) is 52.9 Å². The Hall–Kier alpha value is -1.76. The van der Waals surface area contributed by atoms with Gasteiger partial charge in [0.15, 0.2) is 32.4 Å². The van der Waals surface area contributed by atoms with E-state index in [-0.39, 0.29) is 0 Å². The lowest BCUT2D eigenvalue weighted by Crippen LogP contribution is -2.50. The summed E-state index contributed by atoms with van der Waals surface area (Å²) in [6.07, 6.45) is -3.20. The Kier molecular flexibility index (Phi) is 8.02. The predicted molar refractivity (Wildman–Crippen MR) is 70.9 cm³/mol. The second-order valence-electron chi connectivity index (χ2n) is 4.67. The molecule has 1 heterocycles. The number of pyridine rings is 1. The first-order valence-corrected chi connectivity index (χ1v) is 9.17. The minimum Gasteiger partial charge on any atom is -0.421 e. The Balaban J connectivity index is 0.000000541. The van der Waals surface area contributed by atoms with Crippen molar-refractivity contribution in [3.05, 3.63) is 34.7 Å². The molecule has 170 valence electrons. The Morgan fingerprint density at radius 2 is 1.00 bits per heavy atom. The fraction of sp³-hybridized carbons (Fsp3) is 0.500. The zero-order valence-electron chi connectivity index (χ0n) is 13.1. The molecule has 1 aromatic heterocycles. The normalized spacial score (nSPS) is 14.2. The standard InChI is InChI=1S/C8H7F5N.C2F6NO4S2/c9-7(10,8(11,12)13)6-14-4-2-1-3-5-14;3-1(4,5)14(10,11)9-15(12,13)2(6,7)8/h1-5H,6H2;/q+1;-1. The van der Waals surface area contributed by atoms with Gasteiger partial charge in [-0.1, -0.05) is 6.07 Å². The number of hydrogen-bond acceptors (Lipinski definition) is 4. The van der Waals surface area contributed by atoms with Gasteiger partial charge in [0.25, 0.3) is 0 Å². The third-order valence-electron chi connectivity index (χ3n) is 2.35. The molecule has 0 aliphatic heterocycles. The number of alkyl halides is 11. The van der Waals surface area contributed by atoms with Crippen LogP contribution in [0.2, 0.25) is 0 Å². The van der Waals surface area contributed by atoms with Crippen LogP contribution in [0.15, 0.2) is 30.6 Å². The van der Waals surface area contributed by atoms with Gasteiger partial charge in [0.2, 0.25) is 6.54 Å². The van der Waals surface area contributed by atoms with Gasteiger partial charge in [-0.15, -0.1) is 0 Å². The largest absolute Gasteiger partial charge is 0.480 e. The van der Waals surface area contributed by atoms with Gasteiger partial charge in [-0.25, -0.2) is 16.8 Å². The first-order chi connectivity index (χ1) is 12.5. The van der Waals surface area contributed by atoms with Gasteiger partial charge < -0.3 is 4.13 Å². The number of halogens is 11. The zero-order chi connectivity index (χ0) is 23.5. The van der Waals surface area contributed by atoms with Crippen molar-refractivity contribution in [2.75, 3.05) is 0 Å². The summed E-state index contributed by atoms with van der Waals surface area (Å²) in [5.41, 5.74) is -12.4. The van der Waals surface area contributed by atoms with Gasteiger partial charge in [0.05, 0.1) is 0 Å². The van der Waals surface area contributed by atoms with Crippen molar-refractivity contribution in [3.63, 3.8) is 0 Å². The molecule has 0 saturated carbocycles. The van der Waals surface area contributed by atoms with E-state index in [1.807, 2.05) is 0 Å². The molecule has 29 heavy (non-hydrogen) atoms. The van der Waals surface area contributed by atoms with Crippen LogP contribution in [0.1, 0.15) is 0 Å². The minimum atomic E-state index is -6.72. The fourth-order valence-electron chi connectivity index (χ4n) is 1.07. The van der Waals surface area contributed by atoms with Crippen molar-refractivity contribution in [1.82, 2.24) is 0 Å². The van der Waals surface area contributed by atoms with Crippen LogP contribution >= 0.6 is 0 Å². The van der Waals surface area contributed by atoms with Crippen LogP contribution in [-0.2, 0) is 26.6 Å². The van der Waals surface area contributed by atoms with E-state index in [0.29, 0.717) is 0 Å². The SMILES string of the molecule is FC(F)(F)C(F)(F)C[n+]1ccccc1.O=S(=O)([N-]S(=O)(=O)C(F)(F)F)C(F)(F)F. The number of hydrogen-bond donors (Lipinski definition) is 0. The monoisotopic (exact) mass is 492 g/mol. The molecule has 0 aliphatic rings. The molecule has 0 unspecified atom stereocenters. The van der Waals surface area contributed by atoms with E-state index in [0.717, 1.165) is 21.1 Å². The first kappa shape index (κ1) is 27.2. The Morgan fingerprint density at radius 1 is 0.655 bits per heavy atom. The topological polar surface area (TPSA) is 86.3 Å². The summed E-state index contributed by atoms with van der Waals surface area (Å²) < 4.78 is 170. The number of rotatable bonds is 4. The lowest BCUT2D eigenvalue weighted by molar-refractivity contribution is -0.719. The summed E-state index contributed by atoms with van der Waals surface area (Å²) in [4.78, 5) is 0. The zero-order valence-corrected chi connectivity index (χ0v) is 14.7. The highest BCUT2D eigenvalue weighted by molar-refractivity contribution is 8.13. The van der Waals surface area contributed by atoms with Crippen molar-refractivity contribution >= 4 is 20.0 Å². The van der Waals surface area contributed by atoms with Crippen LogP contribution in [0.3, 0.4) is 0 Å². The molecule has 0 aromatic carbocycles. The summed E-state index contributed by atoms with van der Waals surface area (Å²) in [6.45, 7) is -1.39. The molecule has 6 nitrogen and oxygen atoms in total. The van der Waals surface area contributed by atoms with E-state index in [2.05, 4.69) is 0 Å². The molecule has 0 bridgehead atoms. The molecule has 19 heteroatoms. The van der Waals surface area contributed by atoms with Crippen LogP contribution in [0, 0.1) is 0 Å². The lowest BCUT2D eigenvalue weighted by Gasteiger charge is -2.22. The van der Waals surface area contributed by atoms with E-state index in [9.17, 15) is 65.1 Å². The molecule has 0 fully saturated rings. The number of sulfonamides is 2.